The fourth-order valence-corrected chi connectivity index (χ4v) is 0.931. The molecule has 1 rings (SSSR count). The molecular formula is C10H10F2O. The van der Waals surface area contributed by atoms with E-state index in [1.165, 1.54) is 7.11 Å². The molecule has 0 aliphatic heterocycles. The minimum absolute atomic E-state index is 0.164. The lowest BCUT2D eigenvalue weighted by Gasteiger charge is -2.05. The first kappa shape index (κ1) is 9.71. The summed E-state index contributed by atoms with van der Waals surface area (Å²) in [5.74, 6) is 0.644. The predicted molar refractivity (Wildman–Crippen MR) is 48.0 cm³/mol. The van der Waals surface area contributed by atoms with Gasteiger partial charge >= 0.3 is 0 Å². The maximum Gasteiger partial charge on any atom is 0.263 e. The van der Waals surface area contributed by atoms with E-state index in [2.05, 4.69) is 6.58 Å². The monoisotopic (exact) mass is 184 g/mol. The highest BCUT2D eigenvalue weighted by molar-refractivity contribution is 5.65. The molecular weight excluding hydrogens is 174 g/mol. The molecule has 3 heteroatoms. The van der Waals surface area contributed by atoms with E-state index in [-0.39, 0.29) is 5.57 Å². The number of halogens is 2. The predicted octanol–water partition coefficient (Wildman–Crippen LogP) is 2.97. The van der Waals surface area contributed by atoms with Crippen LogP contribution in [0.25, 0.3) is 5.57 Å². The van der Waals surface area contributed by atoms with Gasteiger partial charge in [0.2, 0.25) is 0 Å². The van der Waals surface area contributed by atoms with Gasteiger partial charge in [0.25, 0.3) is 6.43 Å². The molecule has 0 unspecified atom stereocenters. The van der Waals surface area contributed by atoms with Crippen LogP contribution in [0.4, 0.5) is 8.78 Å². The Labute approximate surface area is 75.6 Å². The van der Waals surface area contributed by atoms with Gasteiger partial charge in [-0.2, -0.15) is 0 Å². The molecule has 13 heavy (non-hydrogen) atoms. The Bertz CT molecular complexity index is 290. The molecule has 0 aliphatic carbocycles. The molecule has 0 saturated heterocycles. The van der Waals surface area contributed by atoms with Crippen molar-refractivity contribution in [1.82, 2.24) is 0 Å². The number of hydrogen-bond donors (Lipinski definition) is 0. The van der Waals surface area contributed by atoms with Crippen LogP contribution in [-0.2, 0) is 0 Å². The van der Waals surface area contributed by atoms with Crippen LogP contribution in [0.2, 0.25) is 0 Å². The first-order valence-corrected chi connectivity index (χ1v) is 3.76. The summed E-state index contributed by atoms with van der Waals surface area (Å²) in [6.07, 6.45) is -2.51. The lowest BCUT2D eigenvalue weighted by atomic mass is 10.1. The summed E-state index contributed by atoms with van der Waals surface area (Å²) >= 11 is 0. The van der Waals surface area contributed by atoms with Crippen molar-refractivity contribution < 1.29 is 13.5 Å². The Kier molecular flexibility index (Phi) is 3.01. The lowest BCUT2D eigenvalue weighted by Crippen LogP contribution is -1.94. The average molecular weight is 184 g/mol. The summed E-state index contributed by atoms with van der Waals surface area (Å²) in [5, 5.41) is 0. The highest BCUT2D eigenvalue weighted by Gasteiger charge is 2.09. The third-order valence-electron chi connectivity index (χ3n) is 1.72. The van der Waals surface area contributed by atoms with E-state index in [0.717, 1.165) is 0 Å². The molecule has 0 aromatic heterocycles. The Morgan fingerprint density at radius 3 is 2.23 bits per heavy atom. The second-order valence-corrected chi connectivity index (χ2v) is 2.55. The van der Waals surface area contributed by atoms with Gasteiger partial charge in [-0.25, -0.2) is 8.78 Å². The van der Waals surface area contributed by atoms with E-state index in [4.69, 9.17) is 4.74 Å². The largest absolute Gasteiger partial charge is 0.497 e. The van der Waals surface area contributed by atoms with Crippen molar-refractivity contribution in [3.8, 4) is 5.75 Å². The van der Waals surface area contributed by atoms with Gasteiger partial charge in [-0.3, -0.25) is 0 Å². The van der Waals surface area contributed by atoms with Gasteiger partial charge < -0.3 is 4.74 Å². The molecule has 0 bridgehead atoms. The maximum atomic E-state index is 12.2. The number of rotatable bonds is 3. The van der Waals surface area contributed by atoms with Crippen molar-refractivity contribution in [2.45, 2.75) is 6.43 Å². The van der Waals surface area contributed by atoms with Crippen LogP contribution < -0.4 is 4.74 Å². The van der Waals surface area contributed by atoms with Gasteiger partial charge in [-0.05, 0) is 17.7 Å². The molecule has 0 radical (unpaired) electrons. The molecule has 70 valence electrons. The number of hydrogen-bond acceptors (Lipinski definition) is 1. The highest BCUT2D eigenvalue weighted by atomic mass is 19.3. The van der Waals surface area contributed by atoms with Crippen molar-refractivity contribution in [3.05, 3.63) is 36.4 Å². The Hall–Kier alpha value is -1.38. The fourth-order valence-electron chi connectivity index (χ4n) is 0.931. The van der Waals surface area contributed by atoms with Gasteiger partial charge in [-0.1, -0.05) is 18.7 Å². The Morgan fingerprint density at radius 2 is 1.85 bits per heavy atom. The quantitative estimate of drug-likeness (QED) is 0.701. The summed E-state index contributed by atoms with van der Waals surface area (Å²) < 4.78 is 29.2. The minimum Gasteiger partial charge on any atom is -0.497 e. The first-order valence-electron chi connectivity index (χ1n) is 3.76. The van der Waals surface area contributed by atoms with Gasteiger partial charge in [0.05, 0.1) is 7.11 Å². The van der Waals surface area contributed by atoms with E-state index in [9.17, 15) is 8.78 Å². The van der Waals surface area contributed by atoms with Crippen LogP contribution in [0.3, 0.4) is 0 Å². The minimum atomic E-state index is -2.51. The van der Waals surface area contributed by atoms with Gasteiger partial charge in [0.1, 0.15) is 5.75 Å². The molecule has 0 saturated carbocycles. The first-order chi connectivity index (χ1) is 6.15. The molecule has 0 heterocycles. The summed E-state index contributed by atoms with van der Waals surface area (Å²) in [6, 6.07) is 6.38. The highest BCUT2D eigenvalue weighted by Crippen LogP contribution is 2.21. The number of allylic oxidation sites excluding steroid dienone is 1. The summed E-state index contributed by atoms with van der Waals surface area (Å²) in [6.45, 7) is 3.29. The Balaban J connectivity index is 2.86. The number of alkyl halides is 2. The standard InChI is InChI=1S/C10H10F2O/c1-7(10(11)12)8-3-5-9(13-2)6-4-8/h3-6,10H,1H2,2H3. The van der Waals surface area contributed by atoms with Crippen LogP contribution in [0, 0.1) is 0 Å². The SMILES string of the molecule is C=C(c1ccc(OC)cc1)C(F)F. The summed E-state index contributed by atoms with van der Waals surface area (Å²) in [5.41, 5.74) is 0.276. The van der Waals surface area contributed by atoms with Crippen LogP contribution in [-0.4, -0.2) is 13.5 Å². The van der Waals surface area contributed by atoms with Crippen LogP contribution in [0.5, 0.6) is 5.75 Å². The van der Waals surface area contributed by atoms with Crippen LogP contribution >= 0.6 is 0 Å². The number of methoxy groups -OCH3 is 1. The third kappa shape index (κ3) is 2.28. The smallest absolute Gasteiger partial charge is 0.263 e. The van der Waals surface area contributed by atoms with Crippen molar-refractivity contribution >= 4 is 5.57 Å². The molecule has 1 nitrogen and oxygen atoms in total. The zero-order valence-corrected chi connectivity index (χ0v) is 7.26. The molecule has 1 aromatic carbocycles. The van der Waals surface area contributed by atoms with Crippen LogP contribution in [0.1, 0.15) is 5.56 Å². The maximum absolute atomic E-state index is 12.2. The molecule has 0 amide bonds. The zero-order valence-electron chi connectivity index (χ0n) is 7.26. The Morgan fingerprint density at radius 1 is 1.31 bits per heavy atom. The van der Waals surface area contributed by atoms with Gasteiger partial charge in [0.15, 0.2) is 0 Å². The van der Waals surface area contributed by atoms with Gasteiger partial charge in [-0.15, -0.1) is 0 Å². The molecule has 0 aliphatic rings. The molecule has 0 atom stereocenters. The second kappa shape index (κ2) is 4.03. The van der Waals surface area contributed by atoms with E-state index in [0.29, 0.717) is 11.3 Å². The van der Waals surface area contributed by atoms with Crippen molar-refractivity contribution in [2.24, 2.45) is 0 Å². The van der Waals surface area contributed by atoms with E-state index < -0.39 is 6.43 Å². The third-order valence-corrected chi connectivity index (χ3v) is 1.72. The normalized spacial score (nSPS) is 10.2. The van der Waals surface area contributed by atoms with E-state index in [1.54, 1.807) is 24.3 Å². The van der Waals surface area contributed by atoms with Gasteiger partial charge in [0, 0.05) is 5.57 Å². The van der Waals surface area contributed by atoms with Crippen molar-refractivity contribution in [1.29, 1.82) is 0 Å². The van der Waals surface area contributed by atoms with Crippen molar-refractivity contribution in [3.63, 3.8) is 0 Å². The van der Waals surface area contributed by atoms with Crippen LogP contribution in [0.15, 0.2) is 30.8 Å². The van der Waals surface area contributed by atoms with Crippen molar-refractivity contribution in [2.75, 3.05) is 7.11 Å². The summed E-state index contributed by atoms with van der Waals surface area (Å²) in [4.78, 5) is 0. The molecule has 0 N–H and O–H groups in total. The second-order valence-electron chi connectivity index (χ2n) is 2.55. The lowest BCUT2D eigenvalue weighted by molar-refractivity contribution is 0.215. The molecule has 0 spiro atoms. The van der Waals surface area contributed by atoms with E-state index in [1.807, 2.05) is 0 Å². The number of benzene rings is 1. The fraction of sp³-hybridized carbons (Fsp3) is 0.200. The zero-order chi connectivity index (χ0) is 9.84. The molecule has 1 aromatic rings. The summed E-state index contributed by atoms with van der Waals surface area (Å²) in [7, 11) is 1.52. The number of ether oxygens (including phenoxy) is 1. The molecule has 0 fully saturated rings. The van der Waals surface area contributed by atoms with E-state index >= 15 is 0 Å². The topological polar surface area (TPSA) is 9.23 Å². The average Bonchev–Trinajstić information content (AvgIpc) is 2.17.